The van der Waals surface area contributed by atoms with E-state index in [0.29, 0.717) is 5.52 Å². The Bertz CT molecular complexity index is 1460. The van der Waals surface area contributed by atoms with Gasteiger partial charge in [0.05, 0.1) is 17.8 Å². The van der Waals surface area contributed by atoms with Gasteiger partial charge >= 0.3 is 0 Å². The lowest BCUT2D eigenvalue weighted by atomic mass is 9.87. The number of nitrogens with zero attached hydrogens (tertiary/aromatic N) is 3. The second kappa shape index (κ2) is 8.90. The van der Waals surface area contributed by atoms with Gasteiger partial charge < -0.3 is 4.74 Å². The topological polar surface area (TPSA) is 103 Å². The number of aromatic nitrogens is 3. The number of carbonyl (C=O) groups excluding carboxylic acids is 1. The number of hydrogen-bond acceptors (Lipinski definition) is 6. The highest BCUT2D eigenvalue weighted by Crippen LogP contribution is 2.31. The SMILES string of the molecule is CCOc1ccc(C(C)(C)C)cc1S(=O)(=O)NC(=O)c1ccc2c(-n3cccn3)cccc2n1. The first-order valence-electron chi connectivity index (χ1n) is 10.8. The molecule has 4 aromatic rings. The Morgan fingerprint density at radius 3 is 2.56 bits per heavy atom. The summed E-state index contributed by atoms with van der Waals surface area (Å²) >= 11 is 0. The lowest BCUT2D eigenvalue weighted by molar-refractivity contribution is 0.0977. The second-order valence-corrected chi connectivity index (χ2v) is 10.4. The summed E-state index contributed by atoms with van der Waals surface area (Å²) in [7, 11) is -4.22. The van der Waals surface area contributed by atoms with Gasteiger partial charge in [0.2, 0.25) is 0 Å². The number of sulfonamides is 1. The molecule has 2 aromatic carbocycles. The van der Waals surface area contributed by atoms with Crippen LogP contribution in [0.15, 0.2) is 71.9 Å². The van der Waals surface area contributed by atoms with Gasteiger partial charge in [0, 0.05) is 17.8 Å². The van der Waals surface area contributed by atoms with Crippen molar-refractivity contribution < 1.29 is 17.9 Å². The number of amides is 1. The van der Waals surface area contributed by atoms with Crippen molar-refractivity contribution in [2.24, 2.45) is 0 Å². The van der Waals surface area contributed by atoms with Gasteiger partial charge in [-0.1, -0.05) is 32.9 Å². The van der Waals surface area contributed by atoms with Crippen LogP contribution in [0.1, 0.15) is 43.7 Å². The summed E-state index contributed by atoms with van der Waals surface area (Å²) in [4.78, 5) is 17.2. The zero-order chi connectivity index (χ0) is 24.5. The molecule has 1 amide bonds. The lowest BCUT2D eigenvalue weighted by Crippen LogP contribution is -2.31. The molecular weight excluding hydrogens is 452 g/mol. The van der Waals surface area contributed by atoms with E-state index in [1.54, 1.807) is 48.1 Å². The third kappa shape index (κ3) is 4.65. The molecule has 2 heterocycles. The van der Waals surface area contributed by atoms with Crippen LogP contribution >= 0.6 is 0 Å². The van der Waals surface area contributed by atoms with E-state index in [2.05, 4.69) is 14.8 Å². The van der Waals surface area contributed by atoms with Gasteiger partial charge in [-0.3, -0.25) is 4.79 Å². The summed E-state index contributed by atoms with van der Waals surface area (Å²) in [5.41, 5.74) is 1.85. The minimum Gasteiger partial charge on any atom is -0.492 e. The second-order valence-electron chi connectivity index (χ2n) is 8.77. The molecule has 0 saturated carbocycles. The zero-order valence-corrected chi connectivity index (χ0v) is 20.3. The van der Waals surface area contributed by atoms with E-state index in [1.165, 1.54) is 6.07 Å². The highest BCUT2D eigenvalue weighted by atomic mass is 32.2. The van der Waals surface area contributed by atoms with Gasteiger partial charge in [0.1, 0.15) is 16.3 Å². The molecule has 0 bridgehead atoms. The summed E-state index contributed by atoms with van der Waals surface area (Å²) in [6.45, 7) is 8.00. The lowest BCUT2D eigenvalue weighted by Gasteiger charge is -2.21. The number of ether oxygens (including phenoxy) is 1. The molecule has 0 saturated heterocycles. The van der Waals surface area contributed by atoms with Crippen LogP contribution in [0.2, 0.25) is 0 Å². The van der Waals surface area contributed by atoms with Crippen molar-refractivity contribution in [2.45, 2.75) is 38.0 Å². The fourth-order valence-corrected chi connectivity index (χ4v) is 4.70. The standard InChI is InChI=1S/C25H26N4O4S/c1-5-33-22-13-10-17(25(2,3)4)16-23(22)34(31,32)28-24(30)20-12-11-18-19(27-20)8-6-9-21(18)29-15-7-14-26-29/h6-16H,5H2,1-4H3,(H,28,30). The molecule has 0 unspecified atom stereocenters. The van der Waals surface area contributed by atoms with E-state index in [9.17, 15) is 13.2 Å². The van der Waals surface area contributed by atoms with Gasteiger partial charge in [-0.05, 0) is 60.4 Å². The van der Waals surface area contributed by atoms with Gasteiger partial charge in [-0.25, -0.2) is 22.8 Å². The van der Waals surface area contributed by atoms with E-state index in [-0.39, 0.29) is 28.4 Å². The Morgan fingerprint density at radius 2 is 1.88 bits per heavy atom. The molecular formula is C25H26N4O4S. The summed E-state index contributed by atoms with van der Waals surface area (Å²) in [6.07, 6.45) is 3.48. The Kier molecular flexibility index (Phi) is 6.14. The third-order valence-corrected chi connectivity index (χ3v) is 6.67. The molecule has 0 fully saturated rings. The molecule has 9 heteroatoms. The monoisotopic (exact) mass is 478 g/mol. The number of benzene rings is 2. The van der Waals surface area contributed by atoms with Crippen molar-refractivity contribution in [1.29, 1.82) is 0 Å². The minimum atomic E-state index is -4.22. The quantitative estimate of drug-likeness (QED) is 0.445. The average molecular weight is 479 g/mol. The summed E-state index contributed by atoms with van der Waals surface area (Å²) in [5, 5.41) is 5.02. The maximum absolute atomic E-state index is 13.2. The third-order valence-electron chi connectivity index (χ3n) is 5.32. The van der Waals surface area contributed by atoms with Crippen molar-refractivity contribution in [1.82, 2.24) is 19.5 Å². The molecule has 0 radical (unpaired) electrons. The minimum absolute atomic E-state index is 0.0152. The smallest absolute Gasteiger partial charge is 0.283 e. The molecule has 0 spiro atoms. The summed E-state index contributed by atoms with van der Waals surface area (Å²) in [5.74, 6) is -0.638. The van der Waals surface area contributed by atoms with Gasteiger partial charge in [-0.15, -0.1) is 0 Å². The van der Waals surface area contributed by atoms with Crippen molar-refractivity contribution >= 4 is 26.8 Å². The van der Waals surface area contributed by atoms with Gasteiger partial charge in [0.15, 0.2) is 0 Å². The van der Waals surface area contributed by atoms with E-state index < -0.39 is 15.9 Å². The van der Waals surface area contributed by atoms with Crippen LogP contribution in [0.4, 0.5) is 0 Å². The van der Waals surface area contributed by atoms with Gasteiger partial charge in [-0.2, -0.15) is 5.10 Å². The first-order valence-corrected chi connectivity index (χ1v) is 12.3. The molecule has 2 aromatic heterocycles. The molecule has 4 rings (SSSR count). The van der Waals surface area contributed by atoms with Crippen molar-refractivity contribution in [2.75, 3.05) is 6.61 Å². The number of carbonyl (C=O) groups is 1. The highest BCUT2D eigenvalue weighted by Gasteiger charge is 2.26. The summed E-state index contributed by atoms with van der Waals surface area (Å²) in [6, 6.07) is 15.5. The maximum Gasteiger partial charge on any atom is 0.283 e. The highest BCUT2D eigenvalue weighted by molar-refractivity contribution is 7.90. The molecule has 0 aliphatic heterocycles. The van der Waals surface area contributed by atoms with Crippen LogP contribution in [-0.2, 0) is 15.4 Å². The molecule has 0 aliphatic rings. The molecule has 0 atom stereocenters. The number of nitrogens with one attached hydrogen (secondary N) is 1. The zero-order valence-electron chi connectivity index (χ0n) is 19.4. The fraction of sp³-hybridized carbons (Fsp3) is 0.240. The van der Waals surface area contributed by atoms with Crippen LogP contribution < -0.4 is 9.46 Å². The summed E-state index contributed by atoms with van der Waals surface area (Å²) < 4.78 is 35.8. The number of rotatable bonds is 6. The molecule has 176 valence electrons. The maximum atomic E-state index is 13.2. The van der Waals surface area contributed by atoms with Crippen LogP contribution in [0.25, 0.3) is 16.6 Å². The Balaban J connectivity index is 1.68. The predicted molar refractivity (Wildman–Crippen MR) is 130 cm³/mol. The van der Waals surface area contributed by atoms with E-state index in [0.717, 1.165) is 16.6 Å². The Hall–Kier alpha value is -3.72. The first-order chi connectivity index (χ1) is 16.1. The number of hydrogen-bond donors (Lipinski definition) is 1. The largest absolute Gasteiger partial charge is 0.492 e. The molecule has 8 nitrogen and oxygen atoms in total. The molecule has 0 aliphatic carbocycles. The Labute approximate surface area is 198 Å². The van der Waals surface area contributed by atoms with Crippen LogP contribution in [-0.4, -0.2) is 35.7 Å². The van der Waals surface area contributed by atoms with Crippen molar-refractivity contribution in [3.05, 3.63) is 78.2 Å². The Morgan fingerprint density at radius 1 is 1.09 bits per heavy atom. The van der Waals surface area contributed by atoms with E-state index in [4.69, 9.17) is 4.74 Å². The van der Waals surface area contributed by atoms with Crippen molar-refractivity contribution in [3.8, 4) is 11.4 Å². The fourth-order valence-electron chi connectivity index (χ4n) is 3.56. The predicted octanol–water partition coefficient (Wildman–Crippen LogP) is 4.24. The average Bonchev–Trinajstić information content (AvgIpc) is 3.32. The number of fused-ring (bicyclic) bond motifs is 1. The normalized spacial score (nSPS) is 12.0. The first kappa shape index (κ1) is 23.4. The molecule has 1 N–H and O–H groups in total. The van der Waals surface area contributed by atoms with E-state index in [1.807, 2.05) is 45.2 Å². The number of pyridine rings is 1. The van der Waals surface area contributed by atoms with E-state index >= 15 is 0 Å². The van der Waals surface area contributed by atoms with Crippen LogP contribution in [0.5, 0.6) is 5.75 Å². The van der Waals surface area contributed by atoms with Crippen molar-refractivity contribution in [3.63, 3.8) is 0 Å². The molecule has 34 heavy (non-hydrogen) atoms. The van der Waals surface area contributed by atoms with Crippen LogP contribution in [0, 0.1) is 0 Å². The van der Waals surface area contributed by atoms with Crippen LogP contribution in [0.3, 0.4) is 0 Å². The van der Waals surface area contributed by atoms with Gasteiger partial charge in [0.25, 0.3) is 15.9 Å².